The lowest BCUT2D eigenvalue weighted by Gasteiger charge is -2.30. The predicted molar refractivity (Wildman–Crippen MR) is 81.8 cm³/mol. The van der Waals surface area contributed by atoms with Gasteiger partial charge in [0.05, 0.1) is 6.20 Å². The highest BCUT2D eigenvalue weighted by molar-refractivity contribution is 7.89. The quantitative estimate of drug-likeness (QED) is 0.779. The SMILES string of the molecule is O=S(=O)(c1cnn(CCCCl)c1)N1CCC2CCCCC21. The Morgan fingerprint density at radius 1 is 1.29 bits per heavy atom. The molecule has 21 heavy (non-hydrogen) atoms. The molecule has 2 aliphatic rings. The third kappa shape index (κ3) is 2.98. The van der Waals surface area contributed by atoms with Crippen LogP contribution in [-0.4, -0.2) is 41.0 Å². The number of fused-ring (bicyclic) bond motifs is 1. The maximum atomic E-state index is 12.8. The normalized spacial score (nSPS) is 26.9. The van der Waals surface area contributed by atoms with Gasteiger partial charge in [-0.2, -0.15) is 9.40 Å². The molecule has 1 aromatic heterocycles. The van der Waals surface area contributed by atoms with E-state index in [1.54, 1.807) is 15.2 Å². The van der Waals surface area contributed by atoms with Gasteiger partial charge in [-0.15, -0.1) is 11.6 Å². The fraction of sp³-hybridized carbons (Fsp3) is 0.786. The Morgan fingerprint density at radius 3 is 2.90 bits per heavy atom. The van der Waals surface area contributed by atoms with Crippen LogP contribution in [-0.2, 0) is 16.6 Å². The van der Waals surface area contributed by atoms with Crippen LogP contribution >= 0.6 is 11.6 Å². The molecule has 0 N–H and O–H groups in total. The molecule has 1 aromatic rings. The number of alkyl halides is 1. The summed E-state index contributed by atoms with van der Waals surface area (Å²) in [6, 6.07) is 0.204. The highest BCUT2D eigenvalue weighted by Gasteiger charge is 2.42. The van der Waals surface area contributed by atoms with Crippen LogP contribution in [0.15, 0.2) is 17.3 Å². The summed E-state index contributed by atoms with van der Waals surface area (Å²) in [5, 5.41) is 4.15. The molecule has 2 heterocycles. The Hall–Kier alpha value is -0.590. The first-order valence-electron chi connectivity index (χ1n) is 7.73. The molecule has 7 heteroatoms. The zero-order chi connectivity index (χ0) is 14.9. The maximum Gasteiger partial charge on any atom is 0.246 e. The van der Waals surface area contributed by atoms with E-state index in [9.17, 15) is 8.42 Å². The standard InChI is InChI=1S/C14H22ClN3O2S/c15-7-3-8-17-11-13(10-16-17)21(19,20)18-9-6-12-4-1-2-5-14(12)18/h10-12,14H,1-9H2. The Bertz CT molecular complexity index is 587. The van der Waals surface area contributed by atoms with E-state index in [1.165, 1.54) is 19.0 Å². The first-order valence-corrected chi connectivity index (χ1v) is 9.70. The van der Waals surface area contributed by atoms with E-state index in [0.717, 1.165) is 25.7 Å². The second-order valence-corrected chi connectivity index (χ2v) is 8.27. The molecule has 0 bridgehead atoms. The first kappa shape index (κ1) is 15.3. The minimum atomic E-state index is -3.40. The molecular formula is C14H22ClN3O2S. The number of hydrogen-bond donors (Lipinski definition) is 0. The lowest BCUT2D eigenvalue weighted by Crippen LogP contribution is -2.39. The Kier molecular flexibility index (Phi) is 4.57. The van der Waals surface area contributed by atoms with E-state index in [-0.39, 0.29) is 6.04 Å². The van der Waals surface area contributed by atoms with Gasteiger partial charge < -0.3 is 0 Å². The molecule has 1 aliphatic carbocycles. The molecule has 1 saturated heterocycles. The summed E-state index contributed by atoms with van der Waals surface area (Å²) < 4.78 is 29.0. The van der Waals surface area contributed by atoms with Gasteiger partial charge in [0.2, 0.25) is 10.0 Å². The second kappa shape index (κ2) is 6.26. The minimum Gasteiger partial charge on any atom is -0.271 e. The first-order chi connectivity index (χ1) is 10.1. The molecule has 0 spiro atoms. The molecule has 1 saturated carbocycles. The summed E-state index contributed by atoms with van der Waals surface area (Å²) in [7, 11) is -3.40. The van der Waals surface area contributed by atoms with Gasteiger partial charge in [-0.1, -0.05) is 12.8 Å². The average molecular weight is 332 g/mol. The average Bonchev–Trinajstić information content (AvgIpc) is 3.12. The number of aromatic nitrogens is 2. The van der Waals surface area contributed by atoms with Crippen LogP contribution in [0, 0.1) is 5.92 Å². The van der Waals surface area contributed by atoms with Crippen molar-refractivity contribution in [1.29, 1.82) is 0 Å². The van der Waals surface area contributed by atoms with Crippen molar-refractivity contribution in [3.63, 3.8) is 0 Å². The topological polar surface area (TPSA) is 55.2 Å². The molecule has 0 amide bonds. The van der Waals surface area contributed by atoms with Crippen LogP contribution in [0.25, 0.3) is 0 Å². The van der Waals surface area contributed by atoms with Crippen molar-refractivity contribution in [3.8, 4) is 0 Å². The van der Waals surface area contributed by atoms with Crippen molar-refractivity contribution in [2.24, 2.45) is 5.92 Å². The van der Waals surface area contributed by atoms with Crippen LogP contribution in [0.2, 0.25) is 0 Å². The molecule has 2 fully saturated rings. The van der Waals surface area contributed by atoms with E-state index in [1.807, 2.05) is 0 Å². The Morgan fingerprint density at radius 2 is 2.10 bits per heavy atom. The van der Waals surface area contributed by atoms with Gasteiger partial charge in [0.1, 0.15) is 4.90 Å². The van der Waals surface area contributed by atoms with Crippen LogP contribution < -0.4 is 0 Å². The fourth-order valence-corrected chi connectivity index (χ4v) is 5.42. The van der Waals surface area contributed by atoms with E-state index >= 15 is 0 Å². The predicted octanol–water partition coefficient (Wildman–Crippen LogP) is 2.47. The molecule has 5 nitrogen and oxygen atoms in total. The molecule has 0 radical (unpaired) electrons. The van der Waals surface area contributed by atoms with Crippen LogP contribution in [0.4, 0.5) is 0 Å². The van der Waals surface area contributed by atoms with Gasteiger partial charge in [0.15, 0.2) is 0 Å². The zero-order valence-corrected chi connectivity index (χ0v) is 13.7. The largest absolute Gasteiger partial charge is 0.271 e. The maximum absolute atomic E-state index is 12.8. The van der Waals surface area contributed by atoms with Crippen molar-refractivity contribution in [2.45, 2.75) is 56.0 Å². The molecule has 3 rings (SSSR count). The molecule has 2 unspecified atom stereocenters. The fourth-order valence-electron chi connectivity index (χ4n) is 3.62. The van der Waals surface area contributed by atoms with Gasteiger partial charge >= 0.3 is 0 Å². The molecule has 118 valence electrons. The molecule has 1 aliphatic heterocycles. The third-order valence-corrected chi connectivity index (χ3v) is 6.84. The highest BCUT2D eigenvalue weighted by atomic mass is 35.5. The molecule has 0 aromatic carbocycles. The van der Waals surface area contributed by atoms with E-state index in [2.05, 4.69) is 5.10 Å². The van der Waals surface area contributed by atoms with Gasteiger partial charge in [-0.25, -0.2) is 8.42 Å². The van der Waals surface area contributed by atoms with Gasteiger partial charge in [-0.3, -0.25) is 4.68 Å². The summed E-state index contributed by atoms with van der Waals surface area (Å²) >= 11 is 5.66. The lowest BCUT2D eigenvalue weighted by molar-refractivity contribution is 0.260. The number of aryl methyl sites for hydroxylation is 1. The van der Waals surface area contributed by atoms with Crippen molar-refractivity contribution in [1.82, 2.24) is 14.1 Å². The number of halogens is 1. The Balaban J connectivity index is 1.78. The number of rotatable bonds is 5. The van der Waals surface area contributed by atoms with E-state index < -0.39 is 10.0 Å². The Labute approximate surface area is 131 Å². The summed E-state index contributed by atoms with van der Waals surface area (Å²) in [5.41, 5.74) is 0. The summed E-state index contributed by atoms with van der Waals surface area (Å²) in [6.07, 6.45) is 9.46. The van der Waals surface area contributed by atoms with Gasteiger partial charge in [0.25, 0.3) is 0 Å². The number of nitrogens with zero attached hydrogens (tertiary/aromatic N) is 3. The number of hydrogen-bond acceptors (Lipinski definition) is 3. The van der Waals surface area contributed by atoms with Gasteiger partial charge in [0, 0.05) is 31.2 Å². The van der Waals surface area contributed by atoms with Crippen LogP contribution in [0.5, 0.6) is 0 Å². The van der Waals surface area contributed by atoms with Crippen molar-refractivity contribution >= 4 is 21.6 Å². The van der Waals surface area contributed by atoms with Gasteiger partial charge in [-0.05, 0) is 31.6 Å². The van der Waals surface area contributed by atoms with Crippen LogP contribution in [0.1, 0.15) is 38.5 Å². The van der Waals surface area contributed by atoms with Crippen molar-refractivity contribution in [2.75, 3.05) is 12.4 Å². The van der Waals surface area contributed by atoms with E-state index in [0.29, 0.717) is 29.8 Å². The highest BCUT2D eigenvalue weighted by Crippen LogP contribution is 2.38. The summed E-state index contributed by atoms with van der Waals surface area (Å²) in [5.74, 6) is 1.11. The third-order valence-electron chi connectivity index (χ3n) is 4.70. The van der Waals surface area contributed by atoms with Crippen molar-refractivity contribution in [3.05, 3.63) is 12.4 Å². The lowest BCUT2D eigenvalue weighted by atomic mass is 9.86. The van der Waals surface area contributed by atoms with E-state index in [4.69, 9.17) is 11.6 Å². The zero-order valence-electron chi connectivity index (χ0n) is 12.1. The van der Waals surface area contributed by atoms with Crippen LogP contribution in [0.3, 0.4) is 0 Å². The minimum absolute atomic E-state index is 0.204. The molecule has 2 atom stereocenters. The number of sulfonamides is 1. The molecular weight excluding hydrogens is 310 g/mol. The second-order valence-electron chi connectivity index (χ2n) is 6.00. The smallest absolute Gasteiger partial charge is 0.246 e. The summed E-state index contributed by atoms with van der Waals surface area (Å²) in [6.45, 7) is 1.32. The van der Waals surface area contributed by atoms with Crippen molar-refractivity contribution < 1.29 is 8.42 Å². The summed E-state index contributed by atoms with van der Waals surface area (Å²) in [4.78, 5) is 0.322. The monoisotopic (exact) mass is 331 g/mol.